The highest BCUT2D eigenvalue weighted by atomic mass is 35.5. The van der Waals surface area contributed by atoms with Gasteiger partial charge in [-0.3, -0.25) is 4.79 Å². The number of rotatable bonds is 5. The number of hydrogen-bond donors (Lipinski definition) is 0. The highest BCUT2D eigenvalue weighted by molar-refractivity contribution is 6.32. The van der Waals surface area contributed by atoms with Crippen LogP contribution in [-0.4, -0.2) is 28.1 Å². The van der Waals surface area contributed by atoms with Crippen LogP contribution in [0.15, 0.2) is 65.1 Å². The first kappa shape index (κ1) is 16.9. The average molecular weight is 354 g/mol. The lowest BCUT2D eigenvalue weighted by Gasteiger charge is -2.11. The van der Waals surface area contributed by atoms with Gasteiger partial charge in [0.25, 0.3) is 0 Å². The molecule has 0 saturated heterocycles. The fourth-order valence-corrected chi connectivity index (χ4v) is 2.39. The van der Waals surface area contributed by atoms with Crippen LogP contribution < -0.4 is 0 Å². The lowest BCUT2D eigenvalue weighted by atomic mass is 10.2. The monoisotopic (exact) mass is 353 g/mol. The Bertz CT molecular complexity index is 890. The summed E-state index contributed by atoms with van der Waals surface area (Å²) < 4.78 is 5.61. The van der Waals surface area contributed by atoms with E-state index in [1.807, 2.05) is 48.5 Å². The van der Waals surface area contributed by atoms with Crippen LogP contribution in [0.5, 0.6) is 0 Å². The van der Waals surface area contributed by atoms with Gasteiger partial charge in [0.1, 0.15) is 0 Å². The van der Waals surface area contributed by atoms with Crippen LogP contribution in [0, 0.1) is 0 Å². The molecular formula is C19H16ClN3O2. The minimum absolute atomic E-state index is 0.181. The molecule has 0 fully saturated rings. The number of carbonyl (C=O) groups excluding carboxylic acids is 1. The second-order valence-electron chi connectivity index (χ2n) is 5.42. The molecule has 3 rings (SSSR count). The Morgan fingerprint density at radius 1 is 1.12 bits per heavy atom. The quantitative estimate of drug-likeness (QED) is 0.649. The molecule has 1 amide bonds. The molecule has 0 spiro atoms. The summed E-state index contributed by atoms with van der Waals surface area (Å²) in [7, 11) is 1.67. The van der Waals surface area contributed by atoms with Crippen LogP contribution in [0.2, 0.25) is 5.02 Å². The molecule has 0 aliphatic carbocycles. The Morgan fingerprint density at radius 3 is 2.60 bits per heavy atom. The molecule has 5 nitrogen and oxygen atoms in total. The average Bonchev–Trinajstić information content (AvgIpc) is 3.10. The van der Waals surface area contributed by atoms with Crippen LogP contribution in [0.25, 0.3) is 17.5 Å². The minimum Gasteiger partial charge on any atom is -0.419 e. The first-order valence-corrected chi connectivity index (χ1v) is 8.07. The zero-order chi connectivity index (χ0) is 17.6. The summed E-state index contributed by atoms with van der Waals surface area (Å²) in [5.41, 5.74) is 1.63. The molecule has 1 aromatic heterocycles. The van der Waals surface area contributed by atoms with Crippen LogP contribution in [0.3, 0.4) is 0 Å². The van der Waals surface area contributed by atoms with Gasteiger partial charge in [-0.05, 0) is 29.8 Å². The number of carbonyl (C=O) groups is 1. The topological polar surface area (TPSA) is 59.2 Å². The molecule has 25 heavy (non-hydrogen) atoms. The van der Waals surface area contributed by atoms with Crippen molar-refractivity contribution in [2.75, 3.05) is 7.05 Å². The summed E-state index contributed by atoms with van der Waals surface area (Å²) in [5, 5.41) is 8.60. The summed E-state index contributed by atoms with van der Waals surface area (Å²) >= 11 is 6.07. The van der Waals surface area contributed by atoms with E-state index in [1.54, 1.807) is 19.2 Å². The number of likely N-dealkylation sites (N-methyl/N-ethyl adjacent to an activating group) is 1. The molecule has 126 valence electrons. The first-order valence-electron chi connectivity index (χ1n) is 7.69. The second kappa shape index (κ2) is 7.77. The number of benzene rings is 2. The van der Waals surface area contributed by atoms with Crippen molar-refractivity contribution in [3.8, 4) is 11.5 Å². The third kappa shape index (κ3) is 4.33. The Morgan fingerprint density at radius 2 is 1.84 bits per heavy atom. The molecule has 0 unspecified atom stereocenters. The number of aromatic nitrogens is 2. The highest BCUT2D eigenvalue weighted by Gasteiger charge is 2.12. The largest absolute Gasteiger partial charge is 0.419 e. The molecule has 0 bridgehead atoms. The molecular weight excluding hydrogens is 338 g/mol. The Kier molecular flexibility index (Phi) is 5.26. The van der Waals surface area contributed by atoms with Crippen LogP contribution >= 0.6 is 11.6 Å². The summed E-state index contributed by atoms with van der Waals surface area (Å²) in [4.78, 5) is 13.7. The van der Waals surface area contributed by atoms with Crippen LogP contribution in [-0.2, 0) is 11.3 Å². The van der Waals surface area contributed by atoms with E-state index in [2.05, 4.69) is 10.2 Å². The second-order valence-corrected chi connectivity index (χ2v) is 5.82. The molecule has 0 saturated carbocycles. The number of nitrogens with zero attached hydrogens (tertiary/aromatic N) is 3. The summed E-state index contributed by atoms with van der Waals surface area (Å²) in [5.74, 6) is 0.628. The Hall–Kier alpha value is -2.92. The molecule has 0 aliphatic rings. The van der Waals surface area contributed by atoms with Crippen molar-refractivity contribution in [2.45, 2.75) is 6.54 Å². The summed E-state index contributed by atoms with van der Waals surface area (Å²) in [6, 6.07) is 16.8. The number of halogens is 1. The van der Waals surface area contributed by atoms with Gasteiger partial charge in [-0.25, -0.2) is 0 Å². The third-order valence-electron chi connectivity index (χ3n) is 3.55. The van der Waals surface area contributed by atoms with Gasteiger partial charge in [-0.2, -0.15) is 0 Å². The molecule has 1 heterocycles. The van der Waals surface area contributed by atoms with Crippen molar-refractivity contribution in [3.63, 3.8) is 0 Å². The fourth-order valence-electron chi connectivity index (χ4n) is 2.19. The molecule has 0 N–H and O–H groups in total. The third-order valence-corrected chi connectivity index (χ3v) is 3.89. The molecule has 0 atom stereocenters. The van der Waals surface area contributed by atoms with Crippen LogP contribution in [0.4, 0.5) is 0 Å². The Labute approximate surface area is 150 Å². The van der Waals surface area contributed by atoms with Gasteiger partial charge in [-0.1, -0.05) is 48.0 Å². The van der Waals surface area contributed by atoms with Gasteiger partial charge in [0.15, 0.2) is 0 Å². The number of hydrogen-bond acceptors (Lipinski definition) is 4. The van der Waals surface area contributed by atoms with E-state index < -0.39 is 0 Å². The molecule has 0 radical (unpaired) electrons. The lowest BCUT2D eigenvalue weighted by molar-refractivity contribution is -0.125. The van der Waals surface area contributed by atoms with Crippen molar-refractivity contribution in [2.24, 2.45) is 0 Å². The normalized spacial score (nSPS) is 11.0. The van der Waals surface area contributed by atoms with E-state index in [-0.39, 0.29) is 12.5 Å². The predicted molar refractivity (Wildman–Crippen MR) is 96.7 cm³/mol. The predicted octanol–water partition coefficient (Wildman–Crippen LogP) is 4.06. The van der Waals surface area contributed by atoms with Gasteiger partial charge >= 0.3 is 0 Å². The van der Waals surface area contributed by atoms with Crippen molar-refractivity contribution >= 4 is 23.6 Å². The maximum absolute atomic E-state index is 12.2. The van der Waals surface area contributed by atoms with Gasteiger partial charge < -0.3 is 9.32 Å². The maximum atomic E-state index is 12.2. The molecule has 2 aromatic carbocycles. The smallest absolute Gasteiger partial charge is 0.247 e. The van der Waals surface area contributed by atoms with Crippen molar-refractivity contribution in [1.29, 1.82) is 0 Å². The van der Waals surface area contributed by atoms with Gasteiger partial charge in [0.2, 0.25) is 17.7 Å². The van der Waals surface area contributed by atoms with E-state index in [0.717, 1.165) is 11.1 Å². The fraction of sp³-hybridized carbons (Fsp3) is 0.105. The van der Waals surface area contributed by atoms with Gasteiger partial charge in [0.05, 0.1) is 6.54 Å². The van der Waals surface area contributed by atoms with E-state index in [4.69, 9.17) is 16.0 Å². The zero-order valence-electron chi connectivity index (χ0n) is 13.6. The van der Waals surface area contributed by atoms with Gasteiger partial charge in [0, 0.05) is 23.7 Å². The number of amides is 1. The maximum Gasteiger partial charge on any atom is 0.247 e. The van der Waals surface area contributed by atoms with E-state index in [9.17, 15) is 4.79 Å². The van der Waals surface area contributed by atoms with Crippen molar-refractivity contribution in [3.05, 3.63) is 77.2 Å². The SMILES string of the molecule is CN(Cc1nnc(-c2ccccc2)o1)C(=O)/C=C/c1ccccc1Cl. The van der Waals surface area contributed by atoms with Crippen molar-refractivity contribution in [1.82, 2.24) is 15.1 Å². The molecule has 0 aliphatic heterocycles. The summed E-state index contributed by atoms with van der Waals surface area (Å²) in [6.07, 6.45) is 3.15. The van der Waals surface area contributed by atoms with E-state index in [0.29, 0.717) is 16.8 Å². The minimum atomic E-state index is -0.181. The van der Waals surface area contributed by atoms with E-state index >= 15 is 0 Å². The molecule has 3 aromatic rings. The highest BCUT2D eigenvalue weighted by Crippen LogP contribution is 2.18. The van der Waals surface area contributed by atoms with E-state index in [1.165, 1.54) is 11.0 Å². The van der Waals surface area contributed by atoms with Gasteiger partial charge in [-0.15, -0.1) is 10.2 Å². The Balaban J connectivity index is 1.64. The lowest BCUT2D eigenvalue weighted by Crippen LogP contribution is -2.24. The standard InChI is InChI=1S/C19H16ClN3O2/c1-23(18(24)12-11-14-7-5-6-10-16(14)20)13-17-21-22-19(25-17)15-8-3-2-4-9-15/h2-12H,13H2,1H3/b12-11+. The van der Waals surface area contributed by atoms with Crippen LogP contribution in [0.1, 0.15) is 11.5 Å². The molecule has 6 heteroatoms. The first-order chi connectivity index (χ1) is 12.1. The zero-order valence-corrected chi connectivity index (χ0v) is 14.3. The van der Waals surface area contributed by atoms with Crippen molar-refractivity contribution < 1.29 is 9.21 Å². The summed E-state index contributed by atoms with van der Waals surface area (Å²) in [6.45, 7) is 0.228.